The van der Waals surface area contributed by atoms with Crippen LogP contribution >= 0.6 is 15.9 Å². The van der Waals surface area contributed by atoms with E-state index in [9.17, 15) is 4.79 Å². The van der Waals surface area contributed by atoms with Gasteiger partial charge in [0.2, 0.25) is 0 Å². The summed E-state index contributed by atoms with van der Waals surface area (Å²) in [5.41, 5.74) is 3.68. The lowest BCUT2D eigenvalue weighted by molar-refractivity contribution is -0.148. The third-order valence-corrected chi connectivity index (χ3v) is 6.90. The molecule has 0 spiro atoms. The highest BCUT2D eigenvalue weighted by atomic mass is 79.9. The van der Waals surface area contributed by atoms with Crippen LogP contribution in [0.5, 0.6) is 11.5 Å². The average Bonchev–Trinajstić information content (AvgIpc) is 3.37. The summed E-state index contributed by atoms with van der Waals surface area (Å²) in [5.74, 6) is 1.08. The van der Waals surface area contributed by atoms with Gasteiger partial charge in [-0.15, -0.1) is 0 Å². The second kappa shape index (κ2) is 12.6. The largest absolute Gasteiger partial charge is 0.485 e. The minimum Gasteiger partial charge on any atom is -0.485 e. The van der Waals surface area contributed by atoms with Crippen LogP contribution in [-0.2, 0) is 34.1 Å². The van der Waals surface area contributed by atoms with Crippen LogP contribution in [0.2, 0.25) is 0 Å². The maximum atomic E-state index is 13.1. The molecule has 6 nitrogen and oxygen atoms in total. The van der Waals surface area contributed by atoms with Crippen LogP contribution in [0.4, 0.5) is 0 Å². The first-order valence-corrected chi connectivity index (χ1v) is 13.4. The first kappa shape index (κ1) is 26.5. The van der Waals surface area contributed by atoms with Crippen molar-refractivity contribution in [2.75, 3.05) is 0 Å². The summed E-state index contributed by atoms with van der Waals surface area (Å²) in [6.45, 7) is 2.63. The summed E-state index contributed by atoms with van der Waals surface area (Å²) in [5, 5.41) is 0. The molecule has 1 aliphatic rings. The number of esters is 1. The molecular formula is C32H28BrNO5. The van der Waals surface area contributed by atoms with Crippen molar-refractivity contribution in [2.45, 2.75) is 38.9 Å². The number of nitrogens with zero attached hydrogens (tertiary/aromatic N) is 1. The van der Waals surface area contributed by atoms with E-state index in [0.717, 1.165) is 16.7 Å². The molecule has 198 valence electrons. The predicted octanol–water partition coefficient (Wildman–Crippen LogP) is 7.21. The molecular weight excluding hydrogens is 558 g/mol. The predicted molar refractivity (Wildman–Crippen MR) is 153 cm³/mol. The zero-order chi connectivity index (χ0) is 27.0. The lowest BCUT2D eigenvalue weighted by Gasteiger charge is -2.21. The fourth-order valence-electron chi connectivity index (χ4n) is 4.23. The van der Waals surface area contributed by atoms with Gasteiger partial charge in [-0.05, 0) is 28.8 Å². The fourth-order valence-corrected chi connectivity index (χ4v) is 4.78. The van der Waals surface area contributed by atoms with E-state index < -0.39 is 18.1 Å². The number of rotatable bonds is 10. The molecule has 0 amide bonds. The van der Waals surface area contributed by atoms with Crippen molar-refractivity contribution < 1.29 is 23.7 Å². The molecule has 0 bridgehead atoms. The Balaban J connectivity index is 1.39. The standard InChI is InChI=1S/C32H28BrNO5/c1-22-34-30(32(35)38-21-25-15-9-4-10-16-25)31(39-22)26-17-28(36-19-23-11-5-2-6-12-23)29(18-27(26)33)37-20-24-13-7-3-8-14-24/h2-18,30-31H,19-21H2,1H3. The fraction of sp³-hybridized carbons (Fsp3) is 0.188. The molecule has 2 atom stereocenters. The summed E-state index contributed by atoms with van der Waals surface area (Å²) < 4.78 is 24.8. The van der Waals surface area contributed by atoms with Crippen molar-refractivity contribution in [1.29, 1.82) is 0 Å². The maximum Gasteiger partial charge on any atom is 0.335 e. The number of hydrogen-bond acceptors (Lipinski definition) is 6. The van der Waals surface area contributed by atoms with Gasteiger partial charge in [-0.1, -0.05) is 107 Å². The number of carbonyl (C=O) groups excluding carboxylic acids is 1. The lowest BCUT2D eigenvalue weighted by atomic mass is 10.0. The van der Waals surface area contributed by atoms with Crippen molar-refractivity contribution in [3.8, 4) is 11.5 Å². The topological polar surface area (TPSA) is 66.4 Å². The Morgan fingerprint density at radius 2 is 1.26 bits per heavy atom. The number of carbonyl (C=O) groups is 1. The van der Waals surface area contributed by atoms with E-state index in [1.807, 2.05) is 103 Å². The zero-order valence-electron chi connectivity index (χ0n) is 21.5. The van der Waals surface area contributed by atoms with Crippen LogP contribution in [0.1, 0.15) is 35.3 Å². The normalized spacial score (nSPS) is 16.2. The number of ether oxygens (including phenoxy) is 4. The quantitative estimate of drug-likeness (QED) is 0.184. The molecule has 0 saturated heterocycles. The first-order chi connectivity index (χ1) is 19.1. The Hall–Kier alpha value is -4.10. The molecule has 1 heterocycles. The van der Waals surface area contributed by atoms with Gasteiger partial charge in [-0.25, -0.2) is 9.79 Å². The molecule has 0 fully saturated rings. The van der Waals surface area contributed by atoms with Crippen LogP contribution in [0.3, 0.4) is 0 Å². The molecule has 0 saturated carbocycles. The van der Waals surface area contributed by atoms with Crippen LogP contribution in [0.15, 0.2) is 113 Å². The van der Waals surface area contributed by atoms with Crippen molar-refractivity contribution in [3.05, 3.63) is 130 Å². The van der Waals surface area contributed by atoms with Crippen molar-refractivity contribution in [3.63, 3.8) is 0 Å². The van der Waals surface area contributed by atoms with Gasteiger partial charge in [0.25, 0.3) is 0 Å². The average molecular weight is 586 g/mol. The smallest absolute Gasteiger partial charge is 0.335 e. The number of benzene rings is 4. The lowest BCUT2D eigenvalue weighted by Crippen LogP contribution is -2.26. The minimum absolute atomic E-state index is 0.163. The molecule has 2 unspecified atom stereocenters. The molecule has 4 aromatic carbocycles. The third-order valence-electron chi connectivity index (χ3n) is 6.21. The Kier molecular flexibility index (Phi) is 8.58. The van der Waals surface area contributed by atoms with Gasteiger partial charge < -0.3 is 18.9 Å². The van der Waals surface area contributed by atoms with Crippen LogP contribution in [0.25, 0.3) is 0 Å². The van der Waals surface area contributed by atoms with E-state index in [1.165, 1.54) is 0 Å². The molecule has 0 N–H and O–H groups in total. The Morgan fingerprint density at radius 1 is 0.769 bits per heavy atom. The van der Waals surface area contributed by atoms with E-state index in [0.29, 0.717) is 40.6 Å². The van der Waals surface area contributed by atoms with Gasteiger partial charge >= 0.3 is 5.97 Å². The minimum atomic E-state index is -0.844. The van der Waals surface area contributed by atoms with Crippen LogP contribution in [-0.4, -0.2) is 17.9 Å². The van der Waals surface area contributed by atoms with Crippen molar-refractivity contribution >= 4 is 27.8 Å². The van der Waals surface area contributed by atoms with Gasteiger partial charge in [0, 0.05) is 17.0 Å². The summed E-state index contributed by atoms with van der Waals surface area (Å²) in [4.78, 5) is 17.5. The Morgan fingerprint density at radius 3 is 1.79 bits per heavy atom. The maximum absolute atomic E-state index is 13.1. The molecule has 0 radical (unpaired) electrons. The Bertz CT molecular complexity index is 1430. The van der Waals surface area contributed by atoms with Crippen LogP contribution in [0, 0.1) is 0 Å². The van der Waals surface area contributed by atoms with E-state index >= 15 is 0 Å². The van der Waals surface area contributed by atoms with Gasteiger partial charge in [-0.2, -0.15) is 0 Å². The van der Waals surface area contributed by atoms with Crippen molar-refractivity contribution in [1.82, 2.24) is 0 Å². The Labute approximate surface area is 236 Å². The number of halogens is 1. The van der Waals surface area contributed by atoms with Gasteiger partial charge in [-0.3, -0.25) is 0 Å². The zero-order valence-corrected chi connectivity index (χ0v) is 23.0. The monoisotopic (exact) mass is 585 g/mol. The van der Waals surface area contributed by atoms with E-state index in [2.05, 4.69) is 20.9 Å². The highest BCUT2D eigenvalue weighted by Gasteiger charge is 2.39. The van der Waals surface area contributed by atoms with Gasteiger partial charge in [0.15, 0.2) is 29.5 Å². The van der Waals surface area contributed by atoms with E-state index in [-0.39, 0.29) is 6.61 Å². The molecule has 1 aliphatic heterocycles. The number of hydrogen-bond donors (Lipinski definition) is 0. The molecule has 39 heavy (non-hydrogen) atoms. The molecule has 0 aliphatic carbocycles. The highest BCUT2D eigenvalue weighted by Crippen LogP contribution is 2.41. The van der Waals surface area contributed by atoms with Crippen LogP contribution < -0.4 is 9.47 Å². The summed E-state index contributed by atoms with van der Waals surface area (Å²) in [6, 6.07) is 32.2. The van der Waals surface area contributed by atoms with Gasteiger partial charge in [0.1, 0.15) is 19.8 Å². The third kappa shape index (κ3) is 6.86. The van der Waals surface area contributed by atoms with E-state index in [4.69, 9.17) is 18.9 Å². The first-order valence-electron chi connectivity index (χ1n) is 12.7. The molecule has 5 rings (SSSR count). The van der Waals surface area contributed by atoms with Crippen molar-refractivity contribution in [2.24, 2.45) is 4.99 Å². The highest BCUT2D eigenvalue weighted by molar-refractivity contribution is 9.10. The molecule has 4 aromatic rings. The summed E-state index contributed by atoms with van der Waals surface area (Å²) in [7, 11) is 0. The molecule has 7 heteroatoms. The summed E-state index contributed by atoms with van der Waals surface area (Å²) >= 11 is 3.67. The second-order valence-corrected chi connectivity index (χ2v) is 9.95. The SMILES string of the molecule is CC1=NC(C(=O)OCc2ccccc2)C(c2cc(OCc3ccccc3)c(OCc3ccccc3)cc2Br)O1. The number of aliphatic imine (C=N–C) groups is 1. The van der Waals surface area contributed by atoms with Gasteiger partial charge in [0.05, 0.1) is 0 Å². The van der Waals surface area contributed by atoms with E-state index in [1.54, 1.807) is 6.92 Å². The summed E-state index contributed by atoms with van der Waals surface area (Å²) in [6.07, 6.45) is -0.676. The molecule has 0 aromatic heterocycles. The second-order valence-electron chi connectivity index (χ2n) is 9.09.